The van der Waals surface area contributed by atoms with Crippen molar-refractivity contribution in [2.24, 2.45) is 5.92 Å². The van der Waals surface area contributed by atoms with Crippen LogP contribution in [0.3, 0.4) is 0 Å². The van der Waals surface area contributed by atoms with E-state index in [-0.39, 0.29) is 24.6 Å². The second kappa shape index (κ2) is 7.11. The fraction of sp³-hybridized carbons (Fsp3) is 0.625. The van der Waals surface area contributed by atoms with Crippen LogP contribution in [0.5, 0.6) is 0 Å². The minimum Gasteiger partial charge on any atom is -0.382 e. The van der Waals surface area contributed by atoms with Gasteiger partial charge in [0.25, 0.3) is 0 Å². The van der Waals surface area contributed by atoms with Gasteiger partial charge in [0.05, 0.1) is 11.7 Å². The predicted octanol–water partition coefficient (Wildman–Crippen LogP) is 3.81. The number of benzene rings is 1. The minimum atomic E-state index is -4.12. The van der Waals surface area contributed by atoms with Gasteiger partial charge in [-0.25, -0.2) is 8.42 Å². The van der Waals surface area contributed by atoms with Gasteiger partial charge >= 0.3 is 6.18 Å². The van der Waals surface area contributed by atoms with Gasteiger partial charge in [-0.15, -0.1) is 0 Å². The fourth-order valence-corrected chi connectivity index (χ4v) is 3.53. The second-order valence-corrected chi connectivity index (χ2v) is 8.58. The van der Waals surface area contributed by atoms with Gasteiger partial charge in [0.15, 0.2) is 0 Å². The van der Waals surface area contributed by atoms with E-state index in [1.54, 1.807) is 12.1 Å². The molecule has 1 aromatic carbocycles. The number of hydrogen-bond donors (Lipinski definition) is 1. The lowest BCUT2D eigenvalue weighted by Crippen LogP contribution is -2.34. The summed E-state index contributed by atoms with van der Waals surface area (Å²) in [5.41, 5.74) is 1.68. The molecule has 0 heterocycles. The van der Waals surface area contributed by atoms with Gasteiger partial charge < -0.3 is 5.32 Å². The SMILES string of the molecule is CS(=O)(=O)CCc1ccc(N[C@@H]2CCC[C@H](C(F)(F)F)C2)cc1. The van der Waals surface area contributed by atoms with Gasteiger partial charge in [0, 0.05) is 18.0 Å². The first-order valence-corrected chi connectivity index (χ1v) is 9.79. The van der Waals surface area contributed by atoms with E-state index in [9.17, 15) is 21.6 Å². The molecule has 0 unspecified atom stereocenters. The van der Waals surface area contributed by atoms with Crippen molar-refractivity contribution in [2.45, 2.75) is 44.3 Å². The van der Waals surface area contributed by atoms with Crippen LogP contribution in [-0.2, 0) is 16.3 Å². The summed E-state index contributed by atoms with van der Waals surface area (Å²) in [7, 11) is -3.00. The fourth-order valence-electron chi connectivity index (χ4n) is 2.92. The Morgan fingerprint density at radius 2 is 1.83 bits per heavy atom. The molecule has 2 rings (SSSR count). The zero-order valence-electron chi connectivity index (χ0n) is 13.1. The molecule has 1 aromatic rings. The largest absolute Gasteiger partial charge is 0.391 e. The first kappa shape index (κ1) is 18.1. The highest BCUT2D eigenvalue weighted by Gasteiger charge is 2.42. The molecule has 1 aliphatic rings. The molecule has 1 fully saturated rings. The van der Waals surface area contributed by atoms with Gasteiger partial charge in [-0.05, 0) is 43.4 Å². The van der Waals surface area contributed by atoms with Gasteiger partial charge in [0.2, 0.25) is 0 Å². The lowest BCUT2D eigenvalue weighted by Gasteiger charge is -2.31. The molecule has 0 saturated heterocycles. The number of alkyl halides is 3. The summed E-state index contributed by atoms with van der Waals surface area (Å²) in [6.45, 7) is 0. The normalized spacial score (nSPS) is 22.8. The number of anilines is 1. The summed E-state index contributed by atoms with van der Waals surface area (Å²) in [6.07, 6.45) is -0.834. The van der Waals surface area contributed by atoms with Crippen molar-refractivity contribution in [3.8, 4) is 0 Å². The van der Waals surface area contributed by atoms with E-state index in [0.717, 1.165) is 17.7 Å². The number of halogens is 3. The summed E-state index contributed by atoms with van der Waals surface area (Å²) in [5.74, 6) is -1.13. The van der Waals surface area contributed by atoms with Gasteiger partial charge in [-0.1, -0.05) is 18.6 Å². The highest BCUT2D eigenvalue weighted by atomic mass is 32.2. The van der Waals surface area contributed by atoms with E-state index in [4.69, 9.17) is 0 Å². The van der Waals surface area contributed by atoms with Crippen LogP contribution in [0.4, 0.5) is 18.9 Å². The highest BCUT2D eigenvalue weighted by molar-refractivity contribution is 7.90. The summed E-state index contributed by atoms with van der Waals surface area (Å²) < 4.78 is 60.7. The molecule has 2 atom stereocenters. The zero-order chi connectivity index (χ0) is 17.1. The molecule has 0 bridgehead atoms. The molecule has 7 heteroatoms. The summed E-state index contributed by atoms with van der Waals surface area (Å²) >= 11 is 0. The molecule has 0 aromatic heterocycles. The van der Waals surface area contributed by atoms with Gasteiger partial charge in [-0.2, -0.15) is 13.2 Å². The number of hydrogen-bond acceptors (Lipinski definition) is 3. The Labute approximate surface area is 135 Å². The van der Waals surface area contributed by atoms with Crippen LogP contribution in [0.2, 0.25) is 0 Å². The predicted molar refractivity (Wildman–Crippen MR) is 85.3 cm³/mol. The number of rotatable bonds is 5. The Morgan fingerprint density at radius 1 is 1.17 bits per heavy atom. The minimum absolute atomic E-state index is 0.0929. The van der Waals surface area contributed by atoms with Crippen molar-refractivity contribution < 1.29 is 21.6 Å². The molecule has 0 spiro atoms. The van der Waals surface area contributed by atoms with Crippen LogP contribution in [0.25, 0.3) is 0 Å². The lowest BCUT2D eigenvalue weighted by atomic mass is 9.85. The van der Waals surface area contributed by atoms with Gasteiger partial charge in [-0.3, -0.25) is 0 Å². The average Bonchev–Trinajstić information content (AvgIpc) is 2.45. The van der Waals surface area contributed by atoms with E-state index in [1.807, 2.05) is 12.1 Å². The van der Waals surface area contributed by atoms with Crippen molar-refractivity contribution in [3.63, 3.8) is 0 Å². The molecule has 3 nitrogen and oxygen atoms in total. The van der Waals surface area contributed by atoms with Crippen LogP contribution in [-0.4, -0.2) is 32.6 Å². The topological polar surface area (TPSA) is 46.2 Å². The molecular formula is C16H22F3NO2S. The molecule has 0 aliphatic heterocycles. The van der Waals surface area contributed by atoms with E-state index in [2.05, 4.69) is 5.32 Å². The Hall–Kier alpha value is -1.24. The third kappa shape index (κ3) is 6.05. The van der Waals surface area contributed by atoms with E-state index >= 15 is 0 Å². The van der Waals surface area contributed by atoms with E-state index < -0.39 is 21.9 Å². The van der Waals surface area contributed by atoms with Crippen molar-refractivity contribution in [3.05, 3.63) is 29.8 Å². The van der Waals surface area contributed by atoms with Crippen molar-refractivity contribution in [1.82, 2.24) is 0 Å². The van der Waals surface area contributed by atoms with Crippen molar-refractivity contribution in [1.29, 1.82) is 0 Å². The molecule has 1 N–H and O–H groups in total. The molecule has 0 amide bonds. The molecule has 130 valence electrons. The van der Waals surface area contributed by atoms with Crippen LogP contribution in [0.1, 0.15) is 31.2 Å². The third-order valence-corrected chi connectivity index (χ3v) is 5.17. The van der Waals surface area contributed by atoms with Crippen LogP contribution in [0, 0.1) is 5.92 Å². The van der Waals surface area contributed by atoms with Crippen molar-refractivity contribution >= 4 is 15.5 Å². The maximum absolute atomic E-state index is 12.8. The van der Waals surface area contributed by atoms with Crippen LogP contribution in [0.15, 0.2) is 24.3 Å². The number of nitrogens with one attached hydrogen (secondary N) is 1. The summed E-state index contributed by atoms with van der Waals surface area (Å²) in [5, 5.41) is 3.16. The van der Waals surface area contributed by atoms with E-state index in [1.165, 1.54) is 6.26 Å². The maximum Gasteiger partial charge on any atom is 0.391 e. The summed E-state index contributed by atoms with van der Waals surface area (Å²) in [4.78, 5) is 0. The number of sulfone groups is 1. The Balaban J connectivity index is 1.90. The Morgan fingerprint density at radius 3 is 2.39 bits per heavy atom. The Bertz CT molecular complexity index is 611. The molecule has 23 heavy (non-hydrogen) atoms. The van der Waals surface area contributed by atoms with Gasteiger partial charge in [0.1, 0.15) is 9.84 Å². The first-order valence-electron chi connectivity index (χ1n) is 7.73. The maximum atomic E-state index is 12.8. The number of aryl methyl sites for hydroxylation is 1. The standard InChI is InChI=1S/C16H22F3NO2S/c1-23(21,22)10-9-12-5-7-14(8-6-12)20-15-4-2-3-13(11-15)16(17,18)19/h5-8,13,15,20H,2-4,9-11H2,1H3/t13-,15+/m0/s1. The average molecular weight is 349 g/mol. The summed E-state index contributed by atoms with van der Waals surface area (Å²) in [6, 6.07) is 7.07. The Kier molecular flexibility index (Phi) is 5.60. The van der Waals surface area contributed by atoms with Crippen molar-refractivity contribution in [2.75, 3.05) is 17.3 Å². The van der Waals surface area contributed by atoms with Crippen LogP contribution >= 0.6 is 0 Å². The highest BCUT2D eigenvalue weighted by Crippen LogP contribution is 2.38. The molecule has 1 saturated carbocycles. The smallest absolute Gasteiger partial charge is 0.382 e. The first-order chi connectivity index (χ1) is 10.6. The van der Waals surface area contributed by atoms with Crippen LogP contribution < -0.4 is 5.32 Å². The molecule has 0 radical (unpaired) electrons. The lowest BCUT2D eigenvalue weighted by molar-refractivity contribution is -0.182. The zero-order valence-corrected chi connectivity index (χ0v) is 13.9. The van der Waals surface area contributed by atoms with E-state index in [0.29, 0.717) is 12.8 Å². The third-order valence-electron chi connectivity index (χ3n) is 4.22. The molecule has 1 aliphatic carbocycles. The monoisotopic (exact) mass is 349 g/mol. The quantitative estimate of drug-likeness (QED) is 0.879. The second-order valence-electron chi connectivity index (χ2n) is 6.32. The molecular weight excluding hydrogens is 327 g/mol.